The van der Waals surface area contributed by atoms with Gasteiger partial charge in [-0.25, -0.2) is 19.1 Å². The van der Waals surface area contributed by atoms with Crippen molar-refractivity contribution in [2.75, 3.05) is 0 Å². The van der Waals surface area contributed by atoms with E-state index in [1.165, 1.54) is 52.3 Å². The summed E-state index contributed by atoms with van der Waals surface area (Å²) in [5.41, 5.74) is 11.4. The maximum Gasteiger partial charge on any atom is 0.242 e. The summed E-state index contributed by atoms with van der Waals surface area (Å²) in [5.74, 6) is 2.67. The van der Waals surface area contributed by atoms with Crippen molar-refractivity contribution in [3.63, 3.8) is 0 Å². The van der Waals surface area contributed by atoms with Crippen molar-refractivity contribution in [1.82, 2.24) is 47.4 Å². The summed E-state index contributed by atoms with van der Waals surface area (Å²) in [4.78, 5) is 28.2. The molecule has 0 saturated carbocycles. The molecule has 95 heavy (non-hydrogen) atoms. The Hall–Kier alpha value is -12.4. The lowest BCUT2D eigenvalue weighted by Gasteiger charge is -2.34. The second kappa shape index (κ2) is 21.6. The molecule has 12 heteroatoms. The third-order valence-electron chi connectivity index (χ3n) is 19.5. The molecule has 0 amide bonds. The Kier molecular flexibility index (Phi) is 12.4. The van der Waals surface area contributed by atoms with Crippen LogP contribution in [0.15, 0.2) is 340 Å². The summed E-state index contributed by atoms with van der Waals surface area (Å²) < 4.78 is 11.2. The zero-order chi connectivity index (χ0) is 62.6. The Labute approximate surface area is 547 Å². The van der Waals surface area contributed by atoms with Crippen molar-refractivity contribution in [2.24, 2.45) is 0 Å². The minimum absolute atomic E-state index is 0.411. The van der Waals surface area contributed by atoms with Crippen LogP contribution in [0.2, 0.25) is 0 Å². The lowest BCUT2D eigenvalue weighted by Crippen LogP contribution is -2.74. The summed E-state index contributed by atoms with van der Waals surface area (Å²) in [6.07, 6.45) is 0. The Bertz CT molecular complexity index is 5620. The van der Waals surface area contributed by atoms with Gasteiger partial charge in [-0.3, -0.25) is 8.80 Å². The predicted molar refractivity (Wildman–Crippen MR) is 393 cm³/mol. The number of nitrogens with zero attached hydrogens (tertiary/aromatic N) is 10. The fraction of sp³-hybridized carbons (Fsp3) is 0. The number of fused-ring (bicyclic) bond motifs is 13. The van der Waals surface area contributed by atoms with Crippen molar-refractivity contribution in [3.05, 3.63) is 340 Å². The van der Waals surface area contributed by atoms with Gasteiger partial charge in [-0.15, -0.1) is 0 Å². The molecule has 19 rings (SSSR count). The smallest absolute Gasteiger partial charge is 0.242 e. The molecule has 0 atom stereocenters. The fourth-order valence-corrected chi connectivity index (χ4v) is 25.0. The molecule has 0 aliphatic heterocycles. The van der Waals surface area contributed by atoms with Crippen LogP contribution in [0.3, 0.4) is 0 Å². The number of benzene rings is 13. The van der Waals surface area contributed by atoms with E-state index in [1.807, 2.05) is 0 Å². The van der Waals surface area contributed by atoms with E-state index in [9.17, 15) is 0 Å². The molecular weight excluding hydrogens is 1190 g/mol. The monoisotopic (exact) mass is 1250 g/mol. The molecule has 0 radical (unpaired) electrons. The predicted octanol–water partition coefficient (Wildman–Crippen LogP) is 12.9. The van der Waals surface area contributed by atoms with Crippen molar-refractivity contribution < 1.29 is 0 Å². The van der Waals surface area contributed by atoms with Crippen LogP contribution < -0.4 is 41.5 Å². The molecule has 0 fully saturated rings. The van der Waals surface area contributed by atoms with Crippen molar-refractivity contribution in [2.45, 2.75) is 0 Å². The first-order chi connectivity index (χ1) is 47.1. The molecule has 0 aliphatic rings. The number of para-hydroxylation sites is 6. The fourth-order valence-electron chi connectivity index (χ4n) is 15.5. The zero-order valence-electron chi connectivity index (χ0n) is 51.3. The van der Waals surface area contributed by atoms with E-state index in [-0.39, 0.29) is 0 Å². The first-order valence-corrected chi connectivity index (χ1v) is 36.2. The first kappa shape index (κ1) is 54.4. The highest BCUT2D eigenvalue weighted by molar-refractivity contribution is 7.20. The Morgan fingerprint density at radius 3 is 0.937 bits per heavy atom. The number of hydrogen-bond acceptors (Lipinski definition) is 5. The quantitative estimate of drug-likeness (QED) is 0.0898. The molecule has 19 aromatic rings. The van der Waals surface area contributed by atoms with Gasteiger partial charge in [0.25, 0.3) is 0 Å². The third-order valence-corrected chi connectivity index (χ3v) is 29.0. The molecule has 0 aliphatic carbocycles. The summed E-state index contributed by atoms with van der Waals surface area (Å²) >= 11 is 0. The Morgan fingerprint density at radius 1 is 0.221 bits per heavy atom. The molecule has 0 saturated heterocycles. The SMILES string of the molecule is c1ccc([Si](c2ccccc2)(c2ccccc2)c2ccc3nc4n(-c5nc(-c6cccc(-n7c8ccccc8c8ccccc87)c6)nc(-n6c7ccccc7n7c8cc([Si](c9ccccc9)(c9ccccc9)c9ccccc9)ccc8nc67)n5)c5ccccc5n4c3c2)cc1. The Balaban J connectivity index is 0.873. The van der Waals surface area contributed by atoms with E-state index in [2.05, 4.69) is 362 Å². The van der Waals surface area contributed by atoms with Gasteiger partial charge in [0.15, 0.2) is 22.0 Å². The minimum Gasteiger partial charge on any atom is -0.309 e. The van der Waals surface area contributed by atoms with Gasteiger partial charge >= 0.3 is 0 Å². The molecule has 6 heterocycles. The van der Waals surface area contributed by atoms with Crippen molar-refractivity contribution >= 4 is 135 Å². The van der Waals surface area contributed by atoms with E-state index < -0.39 is 16.1 Å². The highest BCUT2D eigenvalue weighted by Gasteiger charge is 2.43. The normalized spacial score (nSPS) is 12.2. The minimum atomic E-state index is -2.95. The van der Waals surface area contributed by atoms with Gasteiger partial charge in [0.2, 0.25) is 23.5 Å². The maximum absolute atomic E-state index is 5.70. The summed E-state index contributed by atoms with van der Waals surface area (Å²) in [6.45, 7) is 0. The van der Waals surface area contributed by atoms with Gasteiger partial charge in [0, 0.05) is 22.0 Å². The van der Waals surface area contributed by atoms with Crippen LogP contribution in [-0.4, -0.2) is 63.6 Å². The van der Waals surface area contributed by atoms with Gasteiger partial charge in [0.1, 0.15) is 0 Å². The van der Waals surface area contributed by atoms with Crippen LogP contribution in [0, 0.1) is 0 Å². The van der Waals surface area contributed by atoms with E-state index in [4.69, 9.17) is 24.9 Å². The van der Waals surface area contributed by atoms with Gasteiger partial charge in [0.05, 0.1) is 55.2 Å². The molecule has 10 nitrogen and oxygen atoms in total. The van der Waals surface area contributed by atoms with Crippen LogP contribution in [0.4, 0.5) is 0 Å². The van der Waals surface area contributed by atoms with Gasteiger partial charge in [-0.05, 0) is 114 Å². The molecule has 0 spiro atoms. The molecule has 0 N–H and O–H groups in total. The average Bonchev–Trinajstić information content (AvgIpc) is 1.67. The van der Waals surface area contributed by atoms with E-state index in [0.29, 0.717) is 29.3 Å². The van der Waals surface area contributed by atoms with Crippen LogP contribution in [0.1, 0.15) is 0 Å². The van der Waals surface area contributed by atoms with Crippen LogP contribution in [0.5, 0.6) is 0 Å². The summed E-state index contributed by atoms with van der Waals surface area (Å²) in [7, 11) is -5.90. The second-order valence-corrected chi connectivity index (χ2v) is 32.0. The van der Waals surface area contributed by atoms with E-state index in [0.717, 1.165) is 66.4 Å². The number of hydrogen-bond donors (Lipinski definition) is 0. The topological polar surface area (TPSA) is 88.1 Å². The van der Waals surface area contributed by atoms with Crippen LogP contribution in [0.25, 0.3) is 106 Å². The van der Waals surface area contributed by atoms with E-state index in [1.54, 1.807) is 0 Å². The number of aromatic nitrogens is 10. The second-order valence-electron chi connectivity index (χ2n) is 24.4. The van der Waals surface area contributed by atoms with Crippen molar-refractivity contribution in [3.8, 4) is 29.0 Å². The molecule has 13 aromatic carbocycles. The molecule has 446 valence electrons. The first-order valence-electron chi connectivity index (χ1n) is 32.2. The number of rotatable bonds is 12. The standard InChI is InChI=1S/C83H56N10Si2/c1-7-30-59(31-8-1)94(60-32-9-2-10-33-60,61-34-11-3-12-35-61)65-50-52-69-77(55-65)90-73-46-23-25-48-75(73)92(82(90)84-69)80-86-79(57-28-27-29-58(54-57)89-71-44-21-19-42-67(71)68-43-20-22-45-72(68)89)87-81(88-80)93-76-49-26-24-47-74(76)91-78-56-66(51-53-70(78)85-83(91)93)95(62-36-13-4-14-37-62,63-38-15-5-16-39-63)64-40-17-6-18-41-64/h1-56H. The van der Waals surface area contributed by atoms with Crippen LogP contribution >= 0.6 is 0 Å². The average molecular weight is 1250 g/mol. The van der Waals surface area contributed by atoms with Gasteiger partial charge in [-0.2, -0.15) is 15.0 Å². The molecule has 0 unspecified atom stereocenters. The summed E-state index contributed by atoms with van der Waals surface area (Å²) in [6, 6.07) is 123. The highest BCUT2D eigenvalue weighted by atomic mass is 28.3. The molecular formula is C83H56N10Si2. The largest absolute Gasteiger partial charge is 0.309 e. The lowest BCUT2D eigenvalue weighted by atomic mass is 10.2. The zero-order valence-corrected chi connectivity index (χ0v) is 53.3. The maximum atomic E-state index is 5.70. The summed E-state index contributed by atoms with van der Waals surface area (Å²) in [5, 5.41) is 12.6. The van der Waals surface area contributed by atoms with Crippen LogP contribution in [-0.2, 0) is 0 Å². The van der Waals surface area contributed by atoms with Gasteiger partial charge < -0.3 is 4.57 Å². The lowest BCUT2D eigenvalue weighted by molar-refractivity contribution is 0.877. The van der Waals surface area contributed by atoms with Crippen molar-refractivity contribution in [1.29, 1.82) is 0 Å². The third kappa shape index (κ3) is 8.18. The molecule has 6 aromatic heterocycles. The Morgan fingerprint density at radius 2 is 0.558 bits per heavy atom. The van der Waals surface area contributed by atoms with Gasteiger partial charge in [-0.1, -0.05) is 267 Å². The van der Waals surface area contributed by atoms with E-state index >= 15 is 0 Å². The number of imidazole rings is 4. The highest BCUT2D eigenvalue weighted by Crippen LogP contribution is 2.36. The molecule has 0 bridgehead atoms.